The second-order valence-corrected chi connectivity index (χ2v) is 5.13. The number of nitrogens with zero attached hydrogens (tertiary/aromatic N) is 2. The van der Waals surface area contributed by atoms with E-state index in [0.29, 0.717) is 11.4 Å². The van der Waals surface area contributed by atoms with Gasteiger partial charge in [-0.1, -0.05) is 12.1 Å². The maximum atomic E-state index is 9.04. The smallest absolute Gasteiger partial charge is 0.386 e. The van der Waals surface area contributed by atoms with Crippen molar-refractivity contribution in [1.82, 2.24) is 9.97 Å². The van der Waals surface area contributed by atoms with Crippen LogP contribution < -0.4 is 5.19 Å². The molecule has 0 radical (unpaired) electrons. The molecule has 5 nitrogen and oxygen atoms in total. The van der Waals surface area contributed by atoms with Gasteiger partial charge in [-0.2, -0.15) is 0 Å². The Morgan fingerprint density at radius 2 is 1.62 bits per heavy atom. The van der Waals surface area contributed by atoms with Crippen molar-refractivity contribution in [2.45, 2.75) is 0 Å². The van der Waals surface area contributed by atoms with Crippen molar-refractivity contribution >= 4 is 14.0 Å². The lowest BCUT2D eigenvalue weighted by Crippen LogP contribution is -2.48. The average molecular weight is 234 g/mol. The van der Waals surface area contributed by atoms with Gasteiger partial charge in [-0.25, -0.2) is 0 Å². The largest absolute Gasteiger partial charge is 0.530 e. The Morgan fingerprint density at radius 3 is 2.12 bits per heavy atom. The fourth-order valence-electron chi connectivity index (χ4n) is 1.26. The summed E-state index contributed by atoms with van der Waals surface area (Å²) in [6.45, 7) is 0. The molecule has 0 unspecified atom stereocenters. The summed E-state index contributed by atoms with van der Waals surface area (Å²) in [6, 6.07) is 8.45. The second kappa shape index (κ2) is 4.10. The third-order valence-corrected chi connectivity index (χ3v) is 3.15. The Balaban J connectivity index is 2.34. The molecule has 0 aliphatic carbocycles. The minimum absolute atomic E-state index is 0.0483. The molecular weight excluding hydrogens is 224 g/mol. The van der Waals surface area contributed by atoms with Crippen LogP contribution in [0.15, 0.2) is 42.7 Å². The van der Waals surface area contributed by atoms with Gasteiger partial charge in [0.1, 0.15) is 0 Å². The van der Waals surface area contributed by atoms with Crippen LogP contribution in [0.5, 0.6) is 0 Å². The highest BCUT2D eigenvalue weighted by atomic mass is 28.4. The summed E-state index contributed by atoms with van der Waals surface area (Å²) in [5.41, 5.74) is 1.30. The molecule has 0 aliphatic heterocycles. The Kier molecular flexibility index (Phi) is 2.80. The third-order valence-electron chi connectivity index (χ3n) is 2.08. The molecule has 0 amide bonds. The van der Waals surface area contributed by atoms with Crippen LogP contribution in [0, 0.1) is 0 Å². The van der Waals surface area contributed by atoms with E-state index in [2.05, 4.69) is 9.97 Å². The molecule has 3 N–H and O–H groups in total. The first-order chi connectivity index (χ1) is 7.57. The highest BCUT2D eigenvalue weighted by Crippen LogP contribution is 2.11. The molecule has 16 heavy (non-hydrogen) atoms. The number of hydrogen-bond acceptors (Lipinski definition) is 5. The van der Waals surface area contributed by atoms with Gasteiger partial charge < -0.3 is 14.4 Å². The molecule has 0 saturated carbocycles. The van der Waals surface area contributed by atoms with Gasteiger partial charge >= 0.3 is 8.80 Å². The van der Waals surface area contributed by atoms with Crippen LogP contribution in [-0.2, 0) is 0 Å². The molecule has 0 bridgehead atoms. The Bertz CT molecular complexity index is 468. The van der Waals surface area contributed by atoms with Crippen molar-refractivity contribution in [3.8, 4) is 11.4 Å². The zero-order chi connectivity index (χ0) is 11.6. The minimum atomic E-state index is -4.24. The van der Waals surface area contributed by atoms with E-state index in [4.69, 9.17) is 14.4 Å². The van der Waals surface area contributed by atoms with Gasteiger partial charge in [0.25, 0.3) is 0 Å². The molecule has 6 heteroatoms. The van der Waals surface area contributed by atoms with Crippen molar-refractivity contribution in [2.24, 2.45) is 0 Å². The summed E-state index contributed by atoms with van der Waals surface area (Å²) in [7, 11) is -4.24. The van der Waals surface area contributed by atoms with Gasteiger partial charge in [-0.05, 0) is 18.2 Å². The lowest BCUT2D eigenvalue weighted by atomic mass is 10.2. The van der Waals surface area contributed by atoms with Gasteiger partial charge in [0.15, 0.2) is 0 Å². The van der Waals surface area contributed by atoms with Gasteiger partial charge in [0, 0.05) is 17.6 Å². The first kappa shape index (κ1) is 10.9. The van der Waals surface area contributed by atoms with E-state index >= 15 is 0 Å². The number of aromatic nitrogens is 2. The predicted octanol–water partition coefficient (Wildman–Crippen LogP) is -0.734. The molecule has 0 spiro atoms. The first-order valence-corrected chi connectivity index (χ1v) is 6.46. The molecule has 0 saturated heterocycles. The molecule has 0 fully saturated rings. The molecule has 82 valence electrons. The molecule has 0 aromatic carbocycles. The summed E-state index contributed by atoms with van der Waals surface area (Å²) in [5, 5.41) is 0.0483. The number of pyridine rings is 2. The summed E-state index contributed by atoms with van der Waals surface area (Å²) < 4.78 is 0. The lowest BCUT2D eigenvalue weighted by Gasteiger charge is -2.09. The molecule has 0 aliphatic rings. The van der Waals surface area contributed by atoms with Crippen molar-refractivity contribution in [1.29, 1.82) is 0 Å². The maximum Gasteiger partial charge on any atom is 0.530 e. The van der Waals surface area contributed by atoms with Crippen molar-refractivity contribution in [3.63, 3.8) is 0 Å². The van der Waals surface area contributed by atoms with Gasteiger partial charge in [-0.3, -0.25) is 9.97 Å². The van der Waals surface area contributed by atoms with E-state index < -0.39 is 8.80 Å². The Morgan fingerprint density at radius 1 is 0.875 bits per heavy atom. The van der Waals surface area contributed by atoms with Gasteiger partial charge in [0.05, 0.1) is 11.4 Å². The molecule has 2 aromatic heterocycles. The van der Waals surface area contributed by atoms with Gasteiger partial charge in [0.2, 0.25) is 0 Å². The lowest BCUT2D eigenvalue weighted by molar-refractivity contribution is 0.249. The first-order valence-electron chi connectivity index (χ1n) is 4.62. The highest BCUT2D eigenvalue weighted by Gasteiger charge is 2.30. The molecule has 0 atom stereocenters. The molecule has 2 aromatic rings. The summed E-state index contributed by atoms with van der Waals surface area (Å²) in [6.07, 6.45) is 2.89. The quantitative estimate of drug-likeness (QED) is 0.596. The summed E-state index contributed by atoms with van der Waals surface area (Å²) in [4.78, 5) is 35.2. The fraction of sp³-hybridized carbons (Fsp3) is 0. The van der Waals surface area contributed by atoms with E-state index in [9.17, 15) is 0 Å². The summed E-state index contributed by atoms with van der Waals surface area (Å²) >= 11 is 0. The van der Waals surface area contributed by atoms with E-state index in [0.717, 1.165) is 0 Å². The van der Waals surface area contributed by atoms with E-state index in [1.54, 1.807) is 24.4 Å². The van der Waals surface area contributed by atoms with Crippen molar-refractivity contribution < 1.29 is 14.4 Å². The molecule has 2 heterocycles. The minimum Gasteiger partial charge on any atom is -0.386 e. The van der Waals surface area contributed by atoms with Crippen LogP contribution in [0.25, 0.3) is 11.4 Å². The van der Waals surface area contributed by atoms with Crippen LogP contribution in [0.3, 0.4) is 0 Å². The van der Waals surface area contributed by atoms with Crippen LogP contribution in [0.1, 0.15) is 0 Å². The summed E-state index contributed by atoms with van der Waals surface area (Å²) in [5.74, 6) is 0. The van der Waals surface area contributed by atoms with Crippen LogP contribution >= 0.6 is 0 Å². The Labute approximate surface area is 93.1 Å². The SMILES string of the molecule is O[Si](O)(O)c1ccc(-c2ccccn2)nc1. The average Bonchev–Trinajstić information content (AvgIpc) is 2.29. The van der Waals surface area contributed by atoms with Crippen LogP contribution in [-0.4, -0.2) is 33.2 Å². The van der Waals surface area contributed by atoms with Crippen LogP contribution in [0.4, 0.5) is 0 Å². The maximum absolute atomic E-state index is 9.04. The molecule has 2 rings (SSSR count). The highest BCUT2D eigenvalue weighted by molar-refractivity contribution is 6.71. The zero-order valence-corrected chi connectivity index (χ0v) is 9.28. The van der Waals surface area contributed by atoms with Crippen molar-refractivity contribution in [3.05, 3.63) is 42.7 Å². The fourth-order valence-corrected chi connectivity index (χ4v) is 1.80. The van der Waals surface area contributed by atoms with Gasteiger partial charge in [-0.15, -0.1) is 0 Å². The second-order valence-electron chi connectivity index (χ2n) is 3.28. The van der Waals surface area contributed by atoms with Crippen molar-refractivity contribution in [2.75, 3.05) is 0 Å². The predicted molar refractivity (Wildman–Crippen MR) is 59.5 cm³/mol. The third kappa shape index (κ3) is 2.31. The van der Waals surface area contributed by atoms with E-state index in [1.807, 2.05) is 6.07 Å². The Hall–Kier alpha value is -1.60. The number of rotatable bonds is 2. The topological polar surface area (TPSA) is 86.5 Å². The zero-order valence-electron chi connectivity index (χ0n) is 8.28. The number of hydrogen-bond donors (Lipinski definition) is 3. The monoisotopic (exact) mass is 234 g/mol. The molecular formula is C10H10N2O3Si. The van der Waals surface area contributed by atoms with Crippen LogP contribution in [0.2, 0.25) is 0 Å². The van der Waals surface area contributed by atoms with E-state index in [1.165, 1.54) is 12.3 Å². The van der Waals surface area contributed by atoms with E-state index in [-0.39, 0.29) is 5.19 Å². The normalized spacial score (nSPS) is 11.4. The standard InChI is InChI=1S/C10H10N2O3Si/c13-16(14,15)8-4-5-10(12-7-8)9-3-1-2-6-11-9/h1-7,13-15H.